The molecule has 0 saturated heterocycles. The van der Waals surface area contributed by atoms with Crippen molar-refractivity contribution in [1.29, 1.82) is 0 Å². The van der Waals surface area contributed by atoms with E-state index in [9.17, 15) is 13.2 Å². The van der Waals surface area contributed by atoms with Crippen LogP contribution in [-0.4, -0.2) is 26.3 Å². The number of hydrogen-bond donors (Lipinski definition) is 0. The van der Waals surface area contributed by atoms with Crippen molar-refractivity contribution in [2.75, 3.05) is 5.75 Å². The Morgan fingerprint density at radius 1 is 1.14 bits per heavy atom. The van der Waals surface area contributed by atoms with E-state index in [-0.39, 0.29) is 5.16 Å². The Kier molecular flexibility index (Phi) is 3.72. The average molecular weight is 326 g/mol. The van der Waals surface area contributed by atoms with Crippen LogP contribution < -0.4 is 0 Å². The molecule has 1 aromatic heterocycles. The first-order valence-electron chi connectivity index (χ1n) is 6.70. The molecule has 2 aromatic rings. The van der Waals surface area contributed by atoms with Gasteiger partial charge in [0.15, 0.2) is 0 Å². The normalized spacial score (nSPS) is 14.9. The summed E-state index contributed by atoms with van der Waals surface area (Å²) in [5, 5.41) is 11.0. The van der Waals surface area contributed by atoms with E-state index in [1.807, 2.05) is 24.3 Å². The third kappa shape index (κ3) is 2.75. The van der Waals surface area contributed by atoms with Gasteiger partial charge in [0, 0.05) is 5.75 Å². The lowest BCUT2D eigenvalue weighted by atomic mass is 10.0. The lowest BCUT2D eigenvalue weighted by Crippen LogP contribution is -2.18. The molecular formula is C14H13F3N4S. The summed E-state index contributed by atoms with van der Waals surface area (Å²) in [6.07, 6.45) is -4.57. The largest absolute Gasteiger partial charge is 0.453 e. The summed E-state index contributed by atoms with van der Waals surface area (Å²) in [4.78, 5) is 0. The number of alkyl halides is 3. The Hall–Kier alpha value is -1.83. The molecule has 8 heteroatoms. The molecule has 2 heterocycles. The minimum Gasteiger partial charge on any atom is -0.182 e. The number of halogens is 3. The lowest BCUT2D eigenvalue weighted by molar-refractivity contribution is -0.147. The van der Waals surface area contributed by atoms with Crippen LogP contribution in [0.25, 0.3) is 0 Å². The molecule has 0 fully saturated rings. The summed E-state index contributed by atoms with van der Waals surface area (Å²) in [5.41, 5.74) is 2.57. The highest BCUT2D eigenvalue weighted by Crippen LogP contribution is 2.32. The van der Waals surface area contributed by atoms with Gasteiger partial charge in [-0.2, -0.15) is 22.9 Å². The van der Waals surface area contributed by atoms with Crippen LogP contribution in [0.4, 0.5) is 13.2 Å². The summed E-state index contributed by atoms with van der Waals surface area (Å²) in [5.74, 6) is -0.221. The number of hydrogen-bond acceptors (Lipinski definition) is 4. The number of nitrogens with zero attached hydrogens (tertiary/aromatic N) is 4. The molecule has 0 atom stereocenters. The molecule has 0 saturated carbocycles. The van der Waals surface area contributed by atoms with E-state index in [1.54, 1.807) is 0 Å². The second kappa shape index (κ2) is 5.42. The molecule has 0 amide bonds. The Morgan fingerprint density at radius 3 is 2.41 bits per heavy atom. The van der Waals surface area contributed by atoms with Crippen molar-refractivity contribution in [2.24, 2.45) is 5.10 Å². The molecule has 1 aliphatic heterocycles. The second-order valence-corrected chi connectivity index (χ2v) is 6.17. The predicted molar refractivity (Wildman–Crippen MR) is 78.2 cm³/mol. The zero-order chi connectivity index (χ0) is 15.9. The van der Waals surface area contributed by atoms with E-state index in [2.05, 4.69) is 29.1 Å². The fourth-order valence-electron chi connectivity index (χ4n) is 2.11. The van der Waals surface area contributed by atoms with Gasteiger partial charge in [0.25, 0.3) is 5.82 Å². The quantitative estimate of drug-likeness (QED) is 0.843. The van der Waals surface area contributed by atoms with Gasteiger partial charge < -0.3 is 0 Å². The Bertz CT molecular complexity index is 717. The first kappa shape index (κ1) is 15.1. The fraction of sp³-hybridized carbons (Fsp3) is 0.357. The zero-order valence-corrected chi connectivity index (χ0v) is 12.7. The van der Waals surface area contributed by atoms with Gasteiger partial charge in [-0.3, -0.25) is 0 Å². The van der Waals surface area contributed by atoms with Crippen LogP contribution in [0.1, 0.15) is 36.7 Å². The van der Waals surface area contributed by atoms with Gasteiger partial charge in [-0.05, 0) is 17.0 Å². The van der Waals surface area contributed by atoms with Crippen molar-refractivity contribution in [1.82, 2.24) is 14.9 Å². The van der Waals surface area contributed by atoms with E-state index in [4.69, 9.17) is 0 Å². The summed E-state index contributed by atoms with van der Waals surface area (Å²) in [6.45, 7) is 4.17. The molecule has 0 bridgehead atoms. The fourth-order valence-corrected chi connectivity index (χ4v) is 2.94. The van der Waals surface area contributed by atoms with Crippen LogP contribution in [-0.2, 0) is 6.18 Å². The zero-order valence-electron chi connectivity index (χ0n) is 11.9. The summed E-state index contributed by atoms with van der Waals surface area (Å²) < 4.78 is 39.4. The molecule has 4 nitrogen and oxygen atoms in total. The maximum atomic E-state index is 12.9. The van der Waals surface area contributed by atoms with E-state index in [0.717, 1.165) is 10.2 Å². The molecule has 0 radical (unpaired) electrons. The van der Waals surface area contributed by atoms with Crippen LogP contribution in [0, 0.1) is 0 Å². The van der Waals surface area contributed by atoms with Crippen LogP contribution >= 0.6 is 11.8 Å². The number of thioether (sulfide) groups is 1. The van der Waals surface area contributed by atoms with E-state index < -0.39 is 12.0 Å². The molecule has 0 aliphatic carbocycles. The molecule has 116 valence electrons. The van der Waals surface area contributed by atoms with Crippen molar-refractivity contribution in [3.63, 3.8) is 0 Å². The molecule has 1 aromatic carbocycles. The number of fused-ring (bicyclic) bond motifs is 1. The number of aromatic nitrogens is 3. The minimum absolute atomic E-state index is 0.162. The monoisotopic (exact) mass is 326 g/mol. The minimum atomic E-state index is -4.57. The first-order valence-corrected chi connectivity index (χ1v) is 7.68. The third-order valence-corrected chi connectivity index (χ3v) is 4.27. The van der Waals surface area contributed by atoms with Crippen LogP contribution in [0.2, 0.25) is 0 Å². The molecule has 0 spiro atoms. The maximum absolute atomic E-state index is 12.9. The van der Waals surface area contributed by atoms with Crippen molar-refractivity contribution >= 4 is 17.5 Å². The van der Waals surface area contributed by atoms with E-state index >= 15 is 0 Å². The Balaban J connectivity index is 1.98. The molecule has 3 rings (SSSR count). The van der Waals surface area contributed by atoms with Gasteiger partial charge in [0.1, 0.15) is 0 Å². The van der Waals surface area contributed by atoms with Gasteiger partial charge in [-0.25, -0.2) is 0 Å². The summed E-state index contributed by atoms with van der Waals surface area (Å²) in [6, 6.07) is 7.72. The van der Waals surface area contributed by atoms with Crippen molar-refractivity contribution in [3.05, 3.63) is 41.2 Å². The number of rotatable bonds is 2. The van der Waals surface area contributed by atoms with Crippen LogP contribution in [0.5, 0.6) is 0 Å². The molecule has 1 aliphatic rings. The average Bonchev–Trinajstić information content (AvgIpc) is 2.90. The predicted octanol–water partition coefficient (Wildman–Crippen LogP) is 3.78. The van der Waals surface area contributed by atoms with Crippen molar-refractivity contribution < 1.29 is 13.2 Å². The van der Waals surface area contributed by atoms with Gasteiger partial charge in [0.05, 0.1) is 5.71 Å². The smallest absolute Gasteiger partial charge is 0.182 e. The number of benzene rings is 1. The highest BCUT2D eigenvalue weighted by atomic mass is 32.2. The van der Waals surface area contributed by atoms with Crippen molar-refractivity contribution in [2.45, 2.75) is 31.1 Å². The van der Waals surface area contributed by atoms with Gasteiger partial charge in [0.2, 0.25) is 5.16 Å². The maximum Gasteiger partial charge on any atom is 0.453 e. The SMILES string of the molecule is CC(C)c1ccc(C2=Nn3c(nnc3C(F)(F)F)SC2)cc1. The van der Waals surface area contributed by atoms with Gasteiger partial charge in [-0.1, -0.05) is 49.9 Å². The summed E-state index contributed by atoms with van der Waals surface area (Å²) in [7, 11) is 0. The molecule has 0 N–H and O–H groups in total. The molecule has 0 unspecified atom stereocenters. The topological polar surface area (TPSA) is 43.1 Å². The second-order valence-electron chi connectivity index (χ2n) is 5.23. The van der Waals surface area contributed by atoms with Gasteiger partial charge >= 0.3 is 6.18 Å². The summed E-state index contributed by atoms with van der Waals surface area (Å²) >= 11 is 1.20. The molecule has 22 heavy (non-hydrogen) atoms. The van der Waals surface area contributed by atoms with Crippen LogP contribution in [0.3, 0.4) is 0 Å². The van der Waals surface area contributed by atoms with Gasteiger partial charge in [-0.15, -0.1) is 10.2 Å². The highest BCUT2D eigenvalue weighted by Gasteiger charge is 2.39. The highest BCUT2D eigenvalue weighted by molar-refractivity contribution is 7.99. The Labute approximate surface area is 129 Å². The van der Waals surface area contributed by atoms with Crippen LogP contribution in [0.15, 0.2) is 34.5 Å². The third-order valence-electron chi connectivity index (χ3n) is 3.33. The van der Waals surface area contributed by atoms with E-state index in [1.165, 1.54) is 17.3 Å². The molecular weight excluding hydrogens is 313 g/mol. The standard InChI is InChI=1S/C14H13F3N4S/c1-8(2)9-3-5-10(6-4-9)11-7-22-13-19-18-12(14(15,16)17)21(13)20-11/h3-6,8H,7H2,1-2H3. The Morgan fingerprint density at radius 2 is 1.82 bits per heavy atom. The van der Waals surface area contributed by atoms with Crippen molar-refractivity contribution in [3.8, 4) is 0 Å². The first-order chi connectivity index (χ1) is 10.4. The lowest BCUT2D eigenvalue weighted by Gasteiger charge is -2.15. The van der Waals surface area contributed by atoms with E-state index in [0.29, 0.717) is 17.4 Å².